The van der Waals surface area contributed by atoms with E-state index in [-0.39, 0.29) is 17.7 Å². The number of piperidine rings is 1. The first-order valence-corrected chi connectivity index (χ1v) is 8.49. The average Bonchev–Trinajstić information content (AvgIpc) is 2.47. The number of carbonyl (C=O) groups is 2. The Hall–Kier alpha value is -1.36. The fourth-order valence-corrected chi connectivity index (χ4v) is 2.96. The van der Waals surface area contributed by atoms with Gasteiger partial charge in [-0.3, -0.25) is 9.59 Å². The number of hydrogen-bond donors (Lipinski definition) is 2. The van der Waals surface area contributed by atoms with Crippen LogP contribution in [0.4, 0.5) is 0 Å². The molecule has 2 atom stereocenters. The number of nitrogens with one attached hydrogen (secondary N) is 2. The van der Waals surface area contributed by atoms with E-state index in [1.165, 1.54) is 0 Å². The first-order valence-electron chi connectivity index (χ1n) is 7.70. The molecule has 1 heterocycles. The molecule has 0 spiro atoms. The van der Waals surface area contributed by atoms with Crippen molar-refractivity contribution in [2.24, 2.45) is 5.92 Å². The van der Waals surface area contributed by atoms with Gasteiger partial charge in [0.2, 0.25) is 11.8 Å². The van der Waals surface area contributed by atoms with Gasteiger partial charge in [-0.15, -0.1) is 0 Å². The Balaban J connectivity index is 2.19. The topological polar surface area (TPSA) is 58.2 Å². The predicted molar refractivity (Wildman–Crippen MR) is 90.3 cm³/mol. The van der Waals surface area contributed by atoms with Crippen LogP contribution in [0.25, 0.3) is 0 Å². The van der Waals surface area contributed by atoms with Crippen molar-refractivity contribution in [3.05, 3.63) is 34.3 Å². The van der Waals surface area contributed by atoms with Crippen molar-refractivity contribution in [1.29, 1.82) is 0 Å². The quantitative estimate of drug-likeness (QED) is 0.859. The number of halogens is 1. The highest BCUT2D eigenvalue weighted by Gasteiger charge is 2.35. The van der Waals surface area contributed by atoms with E-state index in [2.05, 4.69) is 40.4 Å². The van der Waals surface area contributed by atoms with Crippen LogP contribution in [-0.2, 0) is 15.1 Å². The summed E-state index contributed by atoms with van der Waals surface area (Å²) >= 11 is 3.43. The van der Waals surface area contributed by atoms with Gasteiger partial charge in [0, 0.05) is 10.9 Å². The lowest BCUT2D eigenvalue weighted by molar-refractivity contribution is -0.132. The van der Waals surface area contributed by atoms with Crippen LogP contribution in [0.1, 0.15) is 45.6 Å². The van der Waals surface area contributed by atoms with Crippen molar-refractivity contribution in [3.63, 3.8) is 0 Å². The summed E-state index contributed by atoms with van der Waals surface area (Å²) in [6.45, 7) is 6.20. The Morgan fingerprint density at radius 3 is 2.55 bits per heavy atom. The highest BCUT2D eigenvalue weighted by atomic mass is 79.9. The molecule has 22 heavy (non-hydrogen) atoms. The van der Waals surface area contributed by atoms with Crippen LogP contribution in [0.15, 0.2) is 28.7 Å². The van der Waals surface area contributed by atoms with E-state index in [0.29, 0.717) is 12.8 Å². The third-order valence-electron chi connectivity index (χ3n) is 4.53. The molecule has 5 heteroatoms. The van der Waals surface area contributed by atoms with Crippen molar-refractivity contribution < 1.29 is 9.59 Å². The molecule has 1 aromatic rings. The number of rotatable bonds is 4. The Morgan fingerprint density at radius 2 is 2.00 bits per heavy atom. The lowest BCUT2D eigenvalue weighted by Gasteiger charge is -2.37. The molecule has 2 N–H and O–H groups in total. The molecule has 0 aromatic heterocycles. The van der Waals surface area contributed by atoms with Crippen molar-refractivity contribution >= 4 is 27.7 Å². The number of hydrogen-bond acceptors (Lipinski definition) is 2. The van der Waals surface area contributed by atoms with Crippen LogP contribution >= 0.6 is 15.9 Å². The minimum absolute atomic E-state index is 0.0405. The molecule has 0 radical (unpaired) electrons. The maximum absolute atomic E-state index is 12.6. The number of carbonyl (C=O) groups excluding carboxylic acids is 2. The molecule has 0 aliphatic carbocycles. The fraction of sp³-hybridized carbons (Fsp3) is 0.529. The summed E-state index contributed by atoms with van der Waals surface area (Å²) in [6.07, 6.45) is 1.98. The van der Waals surface area contributed by atoms with Crippen LogP contribution in [0.2, 0.25) is 0 Å². The van der Waals surface area contributed by atoms with Crippen LogP contribution < -0.4 is 10.6 Å². The van der Waals surface area contributed by atoms with Gasteiger partial charge in [-0.2, -0.15) is 0 Å². The summed E-state index contributed by atoms with van der Waals surface area (Å²) in [5.74, 6) is 0.0744. The van der Waals surface area contributed by atoms with E-state index >= 15 is 0 Å². The SMILES string of the molecule is CC(C)C(C)(NC(=O)[C@H]1CCCC(=O)N1)c1ccc(Br)cc1. The van der Waals surface area contributed by atoms with Gasteiger partial charge >= 0.3 is 0 Å². The molecule has 120 valence electrons. The second kappa shape index (κ2) is 6.82. The smallest absolute Gasteiger partial charge is 0.243 e. The molecule has 4 nitrogen and oxygen atoms in total. The summed E-state index contributed by atoms with van der Waals surface area (Å²) in [5, 5.41) is 5.93. The van der Waals surface area contributed by atoms with Gasteiger partial charge in [0.1, 0.15) is 6.04 Å². The monoisotopic (exact) mass is 366 g/mol. The van der Waals surface area contributed by atoms with Gasteiger partial charge in [-0.1, -0.05) is 41.9 Å². The van der Waals surface area contributed by atoms with Gasteiger partial charge in [-0.05, 0) is 43.4 Å². The first kappa shape index (κ1) is 17.0. The Kier molecular flexibility index (Phi) is 5.27. The maximum atomic E-state index is 12.6. The van der Waals surface area contributed by atoms with Crippen molar-refractivity contribution in [2.45, 2.75) is 51.6 Å². The van der Waals surface area contributed by atoms with E-state index < -0.39 is 11.6 Å². The molecule has 1 aromatic carbocycles. The van der Waals surface area contributed by atoms with E-state index in [0.717, 1.165) is 16.5 Å². The minimum atomic E-state index is -0.472. The third-order valence-corrected chi connectivity index (χ3v) is 5.06. The summed E-state index contributed by atoms with van der Waals surface area (Å²) in [7, 11) is 0. The average molecular weight is 367 g/mol. The zero-order valence-electron chi connectivity index (χ0n) is 13.3. The Labute approximate surface area is 140 Å². The fourth-order valence-electron chi connectivity index (χ4n) is 2.69. The molecular formula is C17H23BrN2O2. The summed E-state index contributed by atoms with van der Waals surface area (Å²) < 4.78 is 1.01. The van der Waals surface area contributed by atoms with Crippen LogP contribution in [0, 0.1) is 5.92 Å². The molecule has 1 aliphatic rings. The predicted octanol–water partition coefficient (Wildman–Crippen LogP) is 3.11. The third kappa shape index (κ3) is 3.69. The van der Waals surface area contributed by atoms with Gasteiger partial charge in [-0.25, -0.2) is 0 Å². The Bertz CT molecular complexity index is 556. The molecule has 0 bridgehead atoms. The molecule has 1 unspecified atom stereocenters. The van der Waals surface area contributed by atoms with E-state index in [9.17, 15) is 9.59 Å². The van der Waals surface area contributed by atoms with Gasteiger partial charge in [0.25, 0.3) is 0 Å². The number of amides is 2. The molecule has 1 fully saturated rings. The van der Waals surface area contributed by atoms with Crippen LogP contribution in [0.5, 0.6) is 0 Å². The Morgan fingerprint density at radius 1 is 1.36 bits per heavy atom. The van der Waals surface area contributed by atoms with Crippen LogP contribution in [0.3, 0.4) is 0 Å². The lowest BCUT2D eigenvalue weighted by Crippen LogP contribution is -2.56. The molecule has 2 rings (SSSR count). The molecule has 2 amide bonds. The van der Waals surface area contributed by atoms with Crippen LogP contribution in [-0.4, -0.2) is 17.9 Å². The number of benzene rings is 1. The highest BCUT2D eigenvalue weighted by Crippen LogP contribution is 2.30. The van der Waals surface area contributed by atoms with Gasteiger partial charge in [0.15, 0.2) is 0 Å². The van der Waals surface area contributed by atoms with E-state index in [1.54, 1.807) is 0 Å². The second-order valence-electron chi connectivity index (χ2n) is 6.37. The largest absolute Gasteiger partial charge is 0.345 e. The maximum Gasteiger partial charge on any atom is 0.243 e. The summed E-state index contributed by atoms with van der Waals surface area (Å²) in [4.78, 5) is 24.1. The lowest BCUT2D eigenvalue weighted by atomic mass is 9.81. The van der Waals surface area contributed by atoms with E-state index in [1.807, 2.05) is 31.2 Å². The van der Waals surface area contributed by atoms with Crippen molar-refractivity contribution in [2.75, 3.05) is 0 Å². The second-order valence-corrected chi connectivity index (χ2v) is 7.28. The molecule has 1 saturated heterocycles. The van der Waals surface area contributed by atoms with Crippen molar-refractivity contribution in [1.82, 2.24) is 10.6 Å². The van der Waals surface area contributed by atoms with Gasteiger partial charge < -0.3 is 10.6 Å². The normalized spacial score (nSPS) is 21.1. The van der Waals surface area contributed by atoms with Crippen molar-refractivity contribution in [3.8, 4) is 0 Å². The van der Waals surface area contributed by atoms with Gasteiger partial charge in [0.05, 0.1) is 5.54 Å². The zero-order chi connectivity index (χ0) is 16.3. The standard InChI is InChI=1S/C17H23BrN2O2/c1-11(2)17(3,12-7-9-13(18)10-8-12)20-16(22)14-5-4-6-15(21)19-14/h7-11,14H,4-6H2,1-3H3,(H,19,21)(H,20,22)/t14-,17?/m1/s1. The molecule has 1 aliphatic heterocycles. The molecule has 0 saturated carbocycles. The summed E-state index contributed by atoms with van der Waals surface area (Å²) in [6, 6.07) is 7.57. The minimum Gasteiger partial charge on any atom is -0.345 e. The summed E-state index contributed by atoms with van der Waals surface area (Å²) in [5.41, 5.74) is 0.584. The van der Waals surface area contributed by atoms with E-state index in [4.69, 9.17) is 0 Å². The zero-order valence-corrected chi connectivity index (χ0v) is 14.9. The first-order chi connectivity index (χ1) is 10.3. The highest BCUT2D eigenvalue weighted by molar-refractivity contribution is 9.10. The molecular weight excluding hydrogens is 344 g/mol.